The van der Waals surface area contributed by atoms with Crippen molar-refractivity contribution in [1.82, 2.24) is 20.9 Å². The second kappa shape index (κ2) is 14.8. The van der Waals surface area contributed by atoms with Gasteiger partial charge in [0.1, 0.15) is 12.2 Å². The number of rotatable bonds is 12. The predicted molar refractivity (Wildman–Crippen MR) is 161 cm³/mol. The van der Waals surface area contributed by atoms with Gasteiger partial charge in [0, 0.05) is 30.7 Å². The van der Waals surface area contributed by atoms with E-state index in [-0.39, 0.29) is 30.4 Å². The molecule has 0 bridgehead atoms. The van der Waals surface area contributed by atoms with Crippen LogP contribution < -0.4 is 16.0 Å². The fraction of sp³-hybridized carbons (Fsp3) is 0.455. The number of pyridine rings is 1. The van der Waals surface area contributed by atoms with Crippen LogP contribution in [-0.4, -0.2) is 47.2 Å². The minimum absolute atomic E-state index is 0.166. The SMILES string of the molecule is CC(C)(C)OC(=O)[C@@H]1CCC[C@@H]1NC(=O)[C@H](CCCNC(=O)OCc1ccccc1)NCc1ccc2cccnc2c1. The van der Waals surface area contributed by atoms with E-state index >= 15 is 0 Å². The zero-order chi connectivity index (χ0) is 30.0. The van der Waals surface area contributed by atoms with E-state index in [1.807, 2.05) is 81.4 Å². The standard InChI is InChI=1S/C33H42N4O5/c1-33(2,3)42-31(39)26-13-7-14-27(26)37-30(38)28(36-21-24-16-17-25-12-8-18-34-29(25)20-24)15-9-19-35-32(40)41-22-23-10-5-4-6-11-23/h4-6,8,10-12,16-18,20,26-28,36H,7,9,13-15,19,21-22H2,1-3H3,(H,35,40)(H,37,38)/t26-,27+,28+/m1/s1. The second-order valence-corrected chi connectivity index (χ2v) is 11.8. The molecule has 42 heavy (non-hydrogen) atoms. The first-order chi connectivity index (χ1) is 20.2. The van der Waals surface area contributed by atoms with Crippen molar-refractivity contribution < 1.29 is 23.9 Å². The van der Waals surface area contributed by atoms with Crippen LogP contribution in [0.4, 0.5) is 4.79 Å². The van der Waals surface area contributed by atoms with Gasteiger partial charge >= 0.3 is 12.1 Å². The molecule has 3 N–H and O–H groups in total. The van der Waals surface area contributed by atoms with Crippen LogP contribution in [0, 0.1) is 5.92 Å². The van der Waals surface area contributed by atoms with Crippen molar-refractivity contribution in [3.63, 3.8) is 0 Å². The summed E-state index contributed by atoms with van der Waals surface area (Å²) in [4.78, 5) is 42.9. The van der Waals surface area contributed by atoms with Gasteiger partial charge in [-0.05, 0) is 69.7 Å². The molecular weight excluding hydrogens is 532 g/mol. The minimum atomic E-state index is -0.581. The molecule has 1 fully saturated rings. The summed E-state index contributed by atoms with van der Waals surface area (Å²) in [6.45, 7) is 6.57. The van der Waals surface area contributed by atoms with Gasteiger partial charge < -0.3 is 25.4 Å². The van der Waals surface area contributed by atoms with Gasteiger partial charge in [-0.1, -0.05) is 55.0 Å². The number of carbonyl (C=O) groups is 3. The third kappa shape index (κ3) is 9.55. The van der Waals surface area contributed by atoms with Crippen LogP contribution in [-0.2, 0) is 32.2 Å². The lowest BCUT2D eigenvalue weighted by atomic mass is 10.0. The summed E-state index contributed by atoms with van der Waals surface area (Å²) in [5.41, 5.74) is 2.23. The van der Waals surface area contributed by atoms with Crippen LogP contribution >= 0.6 is 0 Å². The minimum Gasteiger partial charge on any atom is -0.460 e. The third-order valence-corrected chi connectivity index (χ3v) is 7.24. The summed E-state index contributed by atoms with van der Waals surface area (Å²) in [5.74, 6) is -0.792. The molecule has 0 unspecified atom stereocenters. The maximum atomic E-state index is 13.5. The maximum absolute atomic E-state index is 13.5. The van der Waals surface area contributed by atoms with Crippen LogP contribution in [0.15, 0.2) is 66.9 Å². The molecule has 1 heterocycles. The van der Waals surface area contributed by atoms with Crippen LogP contribution in [0.3, 0.4) is 0 Å². The number of carbonyl (C=O) groups excluding carboxylic acids is 3. The fourth-order valence-corrected chi connectivity index (χ4v) is 5.14. The Kier molecular flexibility index (Phi) is 10.9. The Morgan fingerprint density at radius 3 is 2.60 bits per heavy atom. The molecule has 0 saturated heterocycles. The molecule has 1 aromatic heterocycles. The first-order valence-electron chi connectivity index (χ1n) is 14.7. The van der Waals surface area contributed by atoms with E-state index < -0.39 is 17.7 Å². The first-order valence-corrected chi connectivity index (χ1v) is 14.7. The average Bonchev–Trinajstić information content (AvgIpc) is 3.43. The Hall–Kier alpha value is -3.98. The van der Waals surface area contributed by atoms with Crippen molar-refractivity contribution in [3.8, 4) is 0 Å². The highest BCUT2D eigenvalue weighted by Gasteiger charge is 2.37. The van der Waals surface area contributed by atoms with E-state index in [9.17, 15) is 14.4 Å². The van der Waals surface area contributed by atoms with E-state index in [2.05, 4.69) is 20.9 Å². The number of hydrogen-bond donors (Lipinski definition) is 3. The molecule has 0 spiro atoms. The van der Waals surface area contributed by atoms with Gasteiger partial charge in [0.25, 0.3) is 0 Å². The largest absolute Gasteiger partial charge is 0.460 e. The summed E-state index contributed by atoms with van der Waals surface area (Å²) in [6, 6.07) is 18.7. The highest BCUT2D eigenvalue weighted by molar-refractivity contribution is 5.83. The molecule has 1 aliphatic carbocycles. The molecule has 0 radical (unpaired) electrons. The summed E-state index contributed by atoms with van der Waals surface area (Å²) < 4.78 is 10.9. The van der Waals surface area contributed by atoms with Crippen molar-refractivity contribution in [1.29, 1.82) is 0 Å². The van der Waals surface area contributed by atoms with Crippen LogP contribution in [0.5, 0.6) is 0 Å². The van der Waals surface area contributed by atoms with E-state index in [1.54, 1.807) is 6.20 Å². The normalized spacial score (nSPS) is 17.4. The Bertz CT molecular complexity index is 1340. The zero-order valence-corrected chi connectivity index (χ0v) is 24.7. The molecule has 0 aliphatic heterocycles. The number of ether oxygens (including phenoxy) is 2. The Labute approximate surface area is 247 Å². The summed E-state index contributed by atoms with van der Waals surface area (Å²) >= 11 is 0. The molecule has 1 saturated carbocycles. The molecule has 2 amide bonds. The maximum Gasteiger partial charge on any atom is 0.407 e. The van der Waals surface area contributed by atoms with E-state index in [1.165, 1.54) is 0 Å². The summed E-state index contributed by atoms with van der Waals surface area (Å²) in [6.07, 6.45) is 4.58. The Balaban J connectivity index is 1.33. The molecule has 9 heteroatoms. The number of fused-ring (bicyclic) bond motifs is 1. The summed E-state index contributed by atoms with van der Waals surface area (Å²) in [7, 11) is 0. The van der Waals surface area contributed by atoms with Crippen LogP contribution in [0.2, 0.25) is 0 Å². The van der Waals surface area contributed by atoms with Crippen LogP contribution in [0.25, 0.3) is 10.9 Å². The van der Waals surface area contributed by atoms with Gasteiger partial charge in [0.15, 0.2) is 0 Å². The average molecular weight is 575 g/mol. The highest BCUT2D eigenvalue weighted by atomic mass is 16.6. The zero-order valence-electron chi connectivity index (χ0n) is 24.7. The van der Waals surface area contributed by atoms with Crippen molar-refractivity contribution in [3.05, 3.63) is 78.0 Å². The molecule has 2 aromatic carbocycles. The van der Waals surface area contributed by atoms with Gasteiger partial charge in [-0.3, -0.25) is 14.6 Å². The molecular formula is C33H42N4O5. The monoisotopic (exact) mass is 574 g/mol. The van der Waals surface area contributed by atoms with Gasteiger partial charge in [0.05, 0.1) is 17.5 Å². The van der Waals surface area contributed by atoms with Gasteiger partial charge in [0.2, 0.25) is 5.91 Å². The Morgan fingerprint density at radius 2 is 1.81 bits per heavy atom. The topological polar surface area (TPSA) is 119 Å². The molecule has 4 rings (SSSR count). The van der Waals surface area contributed by atoms with E-state index in [0.29, 0.717) is 32.4 Å². The smallest absolute Gasteiger partial charge is 0.407 e. The number of hydrogen-bond acceptors (Lipinski definition) is 7. The number of benzene rings is 2. The van der Waals surface area contributed by atoms with Crippen molar-refractivity contribution >= 4 is 28.9 Å². The van der Waals surface area contributed by atoms with Gasteiger partial charge in [-0.25, -0.2) is 4.79 Å². The number of esters is 1. The number of alkyl carbamates (subject to hydrolysis) is 1. The van der Waals surface area contributed by atoms with Crippen molar-refractivity contribution in [2.24, 2.45) is 5.92 Å². The van der Waals surface area contributed by atoms with E-state index in [0.717, 1.165) is 34.9 Å². The summed E-state index contributed by atoms with van der Waals surface area (Å²) in [5, 5.41) is 10.3. The molecule has 3 aromatic rings. The predicted octanol–water partition coefficient (Wildman–Crippen LogP) is 5.03. The molecule has 224 valence electrons. The lowest BCUT2D eigenvalue weighted by molar-refractivity contribution is -0.160. The highest BCUT2D eigenvalue weighted by Crippen LogP contribution is 2.28. The van der Waals surface area contributed by atoms with Crippen molar-refractivity contribution in [2.75, 3.05) is 6.54 Å². The third-order valence-electron chi connectivity index (χ3n) is 7.24. The van der Waals surface area contributed by atoms with Gasteiger partial charge in [-0.2, -0.15) is 0 Å². The molecule has 3 atom stereocenters. The first kappa shape index (κ1) is 31.0. The number of nitrogens with zero attached hydrogens (tertiary/aromatic N) is 1. The van der Waals surface area contributed by atoms with Crippen LogP contribution in [0.1, 0.15) is 64.0 Å². The number of amides is 2. The second-order valence-electron chi connectivity index (χ2n) is 11.8. The molecule has 9 nitrogen and oxygen atoms in total. The lowest BCUT2D eigenvalue weighted by Gasteiger charge is -2.27. The van der Waals surface area contributed by atoms with Gasteiger partial charge in [-0.15, -0.1) is 0 Å². The quantitative estimate of drug-likeness (QED) is 0.205. The number of nitrogens with one attached hydrogen (secondary N) is 3. The molecule has 1 aliphatic rings. The van der Waals surface area contributed by atoms with Crippen molar-refractivity contribution in [2.45, 2.75) is 83.7 Å². The Morgan fingerprint density at radius 1 is 1.00 bits per heavy atom. The fourth-order valence-electron chi connectivity index (χ4n) is 5.14. The number of aromatic nitrogens is 1. The lowest BCUT2D eigenvalue weighted by Crippen LogP contribution is -2.50. The van der Waals surface area contributed by atoms with E-state index in [4.69, 9.17) is 9.47 Å².